The summed E-state index contributed by atoms with van der Waals surface area (Å²) in [5, 5.41) is 4.04. The van der Waals surface area contributed by atoms with Gasteiger partial charge >= 0.3 is 6.09 Å². The summed E-state index contributed by atoms with van der Waals surface area (Å²) < 4.78 is 6.27. The van der Waals surface area contributed by atoms with Crippen molar-refractivity contribution in [1.29, 1.82) is 0 Å². The molecular weight excluding hydrogens is 246 g/mol. The van der Waals surface area contributed by atoms with Crippen molar-refractivity contribution >= 4 is 17.8 Å². The number of anilines is 1. The summed E-state index contributed by atoms with van der Waals surface area (Å²) in [5.74, 6) is 0.232. The van der Waals surface area contributed by atoms with Crippen LogP contribution in [-0.2, 0) is 9.53 Å². The molecule has 0 radical (unpaired) electrons. The first kappa shape index (κ1) is 15.2. The van der Waals surface area contributed by atoms with Gasteiger partial charge in [0.15, 0.2) is 5.82 Å². The molecule has 1 aromatic rings. The average Bonchev–Trinajstić information content (AvgIpc) is 2.73. The van der Waals surface area contributed by atoms with Gasteiger partial charge < -0.3 is 4.74 Å². The first-order chi connectivity index (χ1) is 8.61. The quantitative estimate of drug-likeness (QED) is 0.824. The molecule has 0 spiro atoms. The second kappa shape index (κ2) is 5.42. The normalized spacial score (nSPS) is 11.5. The molecule has 0 aliphatic rings. The van der Waals surface area contributed by atoms with Gasteiger partial charge in [0.25, 0.3) is 0 Å². The van der Waals surface area contributed by atoms with Gasteiger partial charge in [-0.25, -0.2) is 4.79 Å². The number of rotatable bonds is 2. The zero-order valence-corrected chi connectivity index (χ0v) is 12.3. The number of carbonyl (C=O) groups excluding carboxylic acids is 2. The van der Waals surface area contributed by atoms with Crippen LogP contribution in [0.3, 0.4) is 0 Å². The number of aromatic nitrogens is 2. The van der Waals surface area contributed by atoms with Crippen molar-refractivity contribution in [2.24, 2.45) is 5.92 Å². The maximum Gasteiger partial charge on any atom is 0.435 e. The smallest absolute Gasteiger partial charge is 0.435 e. The molecular formula is C13H21N3O3. The summed E-state index contributed by atoms with van der Waals surface area (Å²) in [5.41, 5.74) is -0.581. The Morgan fingerprint density at radius 3 is 2.42 bits per heavy atom. The number of ether oxygens (including phenoxy) is 1. The lowest BCUT2D eigenvalue weighted by Crippen LogP contribution is -2.31. The highest BCUT2D eigenvalue weighted by Gasteiger charge is 2.21. The predicted octanol–water partition coefficient (Wildman–Crippen LogP) is 2.29. The Kier molecular flexibility index (Phi) is 4.34. The van der Waals surface area contributed by atoms with Crippen molar-refractivity contribution in [3.05, 3.63) is 12.3 Å². The van der Waals surface area contributed by atoms with E-state index in [1.165, 1.54) is 11.1 Å². The van der Waals surface area contributed by atoms with Crippen molar-refractivity contribution in [3.63, 3.8) is 0 Å². The summed E-state index contributed by atoms with van der Waals surface area (Å²) in [7, 11) is 1.63. The van der Waals surface area contributed by atoms with Gasteiger partial charge in [0, 0.05) is 25.2 Å². The number of hydrogen-bond acceptors (Lipinski definition) is 4. The Morgan fingerprint density at radius 2 is 1.95 bits per heavy atom. The maximum absolute atomic E-state index is 11.8. The van der Waals surface area contributed by atoms with E-state index in [1.807, 2.05) is 13.8 Å². The van der Waals surface area contributed by atoms with E-state index >= 15 is 0 Å². The van der Waals surface area contributed by atoms with E-state index in [-0.39, 0.29) is 11.8 Å². The summed E-state index contributed by atoms with van der Waals surface area (Å²) in [6, 6.07) is 1.60. The minimum absolute atomic E-state index is 0.0607. The molecule has 0 saturated heterocycles. The molecule has 106 valence electrons. The third kappa shape index (κ3) is 4.08. The fraction of sp³-hybridized carbons (Fsp3) is 0.615. The minimum atomic E-state index is -0.581. The lowest BCUT2D eigenvalue weighted by Gasteiger charge is -2.19. The molecule has 0 atom stereocenters. The summed E-state index contributed by atoms with van der Waals surface area (Å²) in [6.07, 6.45) is 0.914. The Balaban J connectivity index is 2.83. The van der Waals surface area contributed by atoms with E-state index in [9.17, 15) is 9.59 Å². The van der Waals surface area contributed by atoms with Crippen LogP contribution < -0.4 is 4.90 Å². The summed E-state index contributed by atoms with van der Waals surface area (Å²) in [6.45, 7) is 8.96. The third-order valence-electron chi connectivity index (χ3n) is 2.32. The standard InChI is InChI=1S/C13H21N3O3/c1-9(2)11(17)15(6)10-7-8-16(14-10)12(18)19-13(3,4)5/h7-9H,1-6H3. The van der Waals surface area contributed by atoms with Gasteiger partial charge in [0.1, 0.15) is 5.60 Å². The fourth-order valence-electron chi connectivity index (χ4n) is 1.40. The van der Waals surface area contributed by atoms with Gasteiger partial charge in [-0.1, -0.05) is 13.8 Å². The summed E-state index contributed by atoms with van der Waals surface area (Å²) in [4.78, 5) is 25.0. The van der Waals surface area contributed by atoms with Gasteiger partial charge in [-0.15, -0.1) is 5.10 Å². The zero-order chi connectivity index (χ0) is 14.8. The summed E-state index contributed by atoms with van der Waals surface area (Å²) >= 11 is 0. The van der Waals surface area contributed by atoms with Crippen LogP contribution in [0.5, 0.6) is 0 Å². The first-order valence-electron chi connectivity index (χ1n) is 6.18. The fourth-order valence-corrected chi connectivity index (χ4v) is 1.40. The second-order valence-electron chi connectivity index (χ2n) is 5.65. The lowest BCUT2D eigenvalue weighted by molar-refractivity contribution is -0.121. The highest BCUT2D eigenvalue weighted by molar-refractivity contribution is 5.93. The molecule has 1 heterocycles. The average molecular weight is 267 g/mol. The van der Waals surface area contributed by atoms with Crippen LogP contribution >= 0.6 is 0 Å². The number of carbonyl (C=O) groups is 2. The molecule has 0 aliphatic heterocycles. The Hall–Kier alpha value is -1.85. The van der Waals surface area contributed by atoms with E-state index in [1.54, 1.807) is 33.9 Å². The van der Waals surface area contributed by atoms with Crippen LogP contribution in [0.2, 0.25) is 0 Å². The topological polar surface area (TPSA) is 64.4 Å². The number of nitrogens with zero attached hydrogens (tertiary/aromatic N) is 3. The molecule has 1 rings (SSSR count). The van der Waals surface area contributed by atoms with Gasteiger partial charge in [-0.05, 0) is 20.8 Å². The SMILES string of the molecule is CC(C)C(=O)N(C)c1ccn(C(=O)OC(C)(C)C)n1. The maximum atomic E-state index is 11.8. The molecule has 6 heteroatoms. The predicted molar refractivity (Wildman–Crippen MR) is 72.1 cm³/mol. The Morgan fingerprint density at radius 1 is 1.37 bits per heavy atom. The van der Waals surface area contributed by atoms with E-state index in [2.05, 4.69) is 5.10 Å². The molecule has 6 nitrogen and oxygen atoms in total. The van der Waals surface area contributed by atoms with Crippen molar-refractivity contribution in [3.8, 4) is 0 Å². The molecule has 0 fully saturated rings. The monoisotopic (exact) mass is 267 g/mol. The van der Waals surface area contributed by atoms with Crippen LogP contribution in [-0.4, -0.2) is 34.4 Å². The molecule has 1 amide bonds. The number of amides is 1. The van der Waals surface area contributed by atoms with Crippen LogP contribution in [0, 0.1) is 5.92 Å². The van der Waals surface area contributed by atoms with Crippen LogP contribution in [0.4, 0.5) is 10.6 Å². The van der Waals surface area contributed by atoms with Crippen molar-refractivity contribution in [2.75, 3.05) is 11.9 Å². The van der Waals surface area contributed by atoms with E-state index in [0.717, 1.165) is 4.68 Å². The molecule has 0 unspecified atom stereocenters. The van der Waals surface area contributed by atoms with Crippen LogP contribution in [0.15, 0.2) is 12.3 Å². The first-order valence-corrected chi connectivity index (χ1v) is 6.18. The molecule has 0 bridgehead atoms. The van der Waals surface area contributed by atoms with Crippen LogP contribution in [0.25, 0.3) is 0 Å². The molecule has 0 aliphatic carbocycles. The van der Waals surface area contributed by atoms with Crippen molar-refractivity contribution < 1.29 is 14.3 Å². The second-order valence-corrected chi connectivity index (χ2v) is 5.65. The molecule has 0 N–H and O–H groups in total. The van der Waals surface area contributed by atoms with E-state index in [0.29, 0.717) is 5.82 Å². The molecule has 0 aromatic carbocycles. The van der Waals surface area contributed by atoms with Crippen molar-refractivity contribution in [2.45, 2.75) is 40.2 Å². The molecule has 1 aromatic heterocycles. The largest absolute Gasteiger partial charge is 0.442 e. The van der Waals surface area contributed by atoms with Crippen LogP contribution in [0.1, 0.15) is 34.6 Å². The van der Waals surface area contributed by atoms with Gasteiger partial charge in [0.2, 0.25) is 5.91 Å². The Labute approximate surface area is 113 Å². The molecule has 19 heavy (non-hydrogen) atoms. The van der Waals surface area contributed by atoms with E-state index < -0.39 is 11.7 Å². The minimum Gasteiger partial charge on any atom is -0.442 e. The third-order valence-corrected chi connectivity index (χ3v) is 2.32. The number of hydrogen-bond donors (Lipinski definition) is 0. The molecule has 0 saturated carbocycles. The van der Waals surface area contributed by atoms with E-state index in [4.69, 9.17) is 4.74 Å². The van der Waals surface area contributed by atoms with Gasteiger partial charge in [0.05, 0.1) is 0 Å². The van der Waals surface area contributed by atoms with Gasteiger partial charge in [-0.2, -0.15) is 4.68 Å². The van der Waals surface area contributed by atoms with Gasteiger partial charge in [-0.3, -0.25) is 9.69 Å². The highest BCUT2D eigenvalue weighted by atomic mass is 16.6. The zero-order valence-electron chi connectivity index (χ0n) is 12.3. The van der Waals surface area contributed by atoms with Crippen molar-refractivity contribution in [1.82, 2.24) is 9.78 Å². The lowest BCUT2D eigenvalue weighted by atomic mass is 10.2. The Bertz CT molecular complexity index is 472. The highest BCUT2D eigenvalue weighted by Crippen LogP contribution is 2.14.